The van der Waals surface area contributed by atoms with Crippen LogP contribution in [0.5, 0.6) is 0 Å². The fourth-order valence-electron chi connectivity index (χ4n) is 2.10. The predicted octanol–water partition coefficient (Wildman–Crippen LogP) is 3.67. The van der Waals surface area contributed by atoms with E-state index in [4.69, 9.17) is 0 Å². The minimum atomic E-state index is -0.324. The Labute approximate surface area is 112 Å². The first kappa shape index (κ1) is 11.4. The molecule has 1 aliphatic rings. The van der Waals surface area contributed by atoms with Crippen LogP contribution in [-0.4, -0.2) is 10.4 Å². The van der Waals surface area contributed by atoms with Crippen molar-refractivity contribution in [3.05, 3.63) is 63.6 Å². The molecule has 0 N–H and O–H groups in total. The molecule has 0 radical (unpaired) electrons. The van der Waals surface area contributed by atoms with Crippen molar-refractivity contribution >= 4 is 27.8 Å². The van der Waals surface area contributed by atoms with E-state index in [0.29, 0.717) is 23.4 Å². The van der Waals surface area contributed by atoms with Gasteiger partial charge >= 0.3 is 0 Å². The zero-order chi connectivity index (χ0) is 12.7. The van der Waals surface area contributed by atoms with Crippen LogP contribution in [0.2, 0.25) is 0 Å². The number of aromatic nitrogens is 1. The fourth-order valence-corrected chi connectivity index (χ4v) is 2.48. The average Bonchev–Trinajstić information content (AvgIpc) is 2.89. The maximum absolute atomic E-state index is 13.6. The Kier molecular flexibility index (Phi) is 2.67. The summed E-state index contributed by atoms with van der Waals surface area (Å²) in [7, 11) is 0. The number of benzene rings is 1. The molecular weight excluding hydrogens is 297 g/mol. The van der Waals surface area contributed by atoms with Gasteiger partial charge in [-0.05, 0) is 36.4 Å². The number of allylic oxidation sites excluding steroid dienone is 1. The maximum atomic E-state index is 13.6. The number of ketones is 1. The first-order chi connectivity index (χ1) is 8.65. The SMILES string of the molecule is O=C1C(=Cc2cc(Br)ccc2F)Cn2cccc21. The van der Waals surface area contributed by atoms with Crippen molar-refractivity contribution < 1.29 is 9.18 Å². The van der Waals surface area contributed by atoms with Gasteiger partial charge in [-0.15, -0.1) is 0 Å². The number of halogens is 2. The maximum Gasteiger partial charge on any atom is 0.207 e. The molecule has 0 unspecified atom stereocenters. The first-order valence-electron chi connectivity index (χ1n) is 5.50. The zero-order valence-electron chi connectivity index (χ0n) is 9.36. The van der Waals surface area contributed by atoms with Crippen LogP contribution in [0.3, 0.4) is 0 Å². The molecule has 0 saturated carbocycles. The second-order valence-electron chi connectivity index (χ2n) is 4.19. The number of Topliss-reactive ketones (excluding diaryl/α,β-unsaturated/α-hetero) is 1. The number of carbonyl (C=O) groups is 1. The summed E-state index contributed by atoms with van der Waals surface area (Å²) in [6.07, 6.45) is 3.47. The third-order valence-corrected chi connectivity index (χ3v) is 3.48. The lowest BCUT2D eigenvalue weighted by Gasteiger charge is -2.00. The van der Waals surface area contributed by atoms with Crippen molar-refractivity contribution in [2.45, 2.75) is 6.54 Å². The third-order valence-electron chi connectivity index (χ3n) is 2.98. The minimum absolute atomic E-state index is 0.0284. The van der Waals surface area contributed by atoms with Gasteiger partial charge in [-0.25, -0.2) is 4.39 Å². The number of hydrogen-bond acceptors (Lipinski definition) is 1. The molecule has 4 heteroatoms. The van der Waals surface area contributed by atoms with Crippen LogP contribution in [0.1, 0.15) is 16.1 Å². The normalized spacial score (nSPS) is 16.3. The van der Waals surface area contributed by atoms with E-state index in [9.17, 15) is 9.18 Å². The first-order valence-corrected chi connectivity index (χ1v) is 6.30. The van der Waals surface area contributed by atoms with E-state index >= 15 is 0 Å². The molecule has 2 heterocycles. The Hall–Kier alpha value is -1.68. The van der Waals surface area contributed by atoms with E-state index in [1.54, 1.807) is 24.3 Å². The van der Waals surface area contributed by atoms with E-state index < -0.39 is 0 Å². The van der Waals surface area contributed by atoms with Crippen molar-refractivity contribution in [1.29, 1.82) is 0 Å². The molecule has 2 aromatic rings. The van der Waals surface area contributed by atoms with Gasteiger partial charge in [-0.2, -0.15) is 0 Å². The summed E-state index contributed by atoms with van der Waals surface area (Å²) in [5.74, 6) is -0.352. The smallest absolute Gasteiger partial charge is 0.207 e. The summed E-state index contributed by atoms with van der Waals surface area (Å²) in [4.78, 5) is 12.0. The standard InChI is InChI=1S/C14H9BrFNO/c15-11-3-4-12(16)9(7-11)6-10-8-17-5-1-2-13(17)14(10)18/h1-7H,8H2. The van der Waals surface area contributed by atoms with Gasteiger partial charge in [-0.1, -0.05) is 15.9 Å². The molecule has 18 heavy (non-hydrogen) atoms. The molecule has 1 aliphatic heterocycles. The van der Waals surface area contributed by atoms with E-state index in [0.717, 1.165) is 4.47 Å². The minimum Gasteiger partial charge on any atom is -0.340 e. The third kappa shape index (κ3) is 1.82. The van der Waals surface area contributed by atoms with Crippen LogP contribution in [0, 0.1) is 5.82 Å². The van der Waals surface area contributed by atoms with Gasteiger partial charge in [0.05, 0.1) is 12.2 Å². The van der Waals surface area contributed by atoms with Crippen molar-refractivity contribution in [2.75, 3.05) is 0 Å². The van der Waals surface area contributed by atoms with Crippen LogP contribution in [-0.2, 0) is 6.54 Å². The Balaban J connectivity index is 2.02. The van der Waals surface area contributed by atoms with Gasteiger partial charge in [0.25, 0.3) is 0 Å². The lowest BCUT2D eigenvalue weighted by Crippen LogP contribution is -1.95. The summed E-state index contributed by atoms with van der Waals surface area (Å²) in [6, 6.07) is 8.31. The van der Waals surface area contributed by atoms with E-state index in [1.165, 1.54) is 6.07 Å². The topological polar surface area (TPSA) is 22.0 Å². The van der Waals surface area contributed by atoms with E-state index in [-0.39, 0.29) is 11.6 Å². The predicted molar refractivity (Wildman–Crippen MR) is 70.8 cm³/mol. The van der Waals surface area contributed by atoms with Gasteiger partial charge < -0.3 is 4.57 Å². The number of rotatable bonds is 1. The molecule has 3 rings (SSSR count). The molecule has 0 bridgehead atoms. The Bertz CT molecular complexity index is 672. The van der Waals surface area contributed by atoms with Crippen molar-refractivity contribution in [1.82, 2.24) is 4.57 Å². The number of fused-ring (bicyclic) bond motifs is 1. The van der Waals surface area contributed by atoms with E-state index in [1.807, 2.05) is 16.8 Å². The Morgan fingerprint density at radius 3 is 2.94 bits per heavy atom. The van der Waals surface area contributed by atoms with Crippen LogP contribution in [0.25, 0.3) is 6.08 Å². The molecule has 1 aromatic heterocycles. The van der Waals surface area contributed by atoms with Crippen molar-refractivity contribution in [3.63, 3.8) is 0 Å². The van der Waals surface area contributed by atoms with Gasteiger partial charge in [0.15, 0.2) is 0 Å². The quantitative estimate of drug-likeness (QED) is 0.737. The Morgan fingerprint density at radius 1 is 1.33 bits per heavy atom. The second kappa shape index (κ2) is 4.21. The highest BCUT2D eigenvalue weighted by atomic mass is 79.9. The summed E-state index contributed by atoms with van der Waals surface area (Å²) >= 11 is 3.30. The number of nitrogens with zero attached hydrogens (tertiary/aromatic N) is 1. The molecule has 0 fully saturated rings. The van der Waals surface area contributed by atoms with Crippen LogP contribution < -0.4 is 0 Å². The van der Waals surface area contributed by atoms with Gasteiger partial charge in [0.2, 0.25) is 5.78 Å². The van der Waals surface area contributed by atoms with Gasteiger partial charge in [-0.3, -0.25) is 4.79 Å². The number of carbonyl (C=O) groups excluding carboxylic acids is 1. The van der Waals surface area contributed by atoms with Crippen LogP contribution >= 0.6 is 15.9 Å². The molecule has 0 aliphatic carbocycles. The van der Waals surface area contributed by atoms with Crippen molar-refractivity contribution in [2.24, 2.45) is 0 Å². The average molecular weight is 306 g/mol. The summed E-state index contributed by atoms with van der Waals surface area (Å²) in [6.45, 7) is 0.507. The lowest BCUT2D eigenvalue weighted by atomic mass is 10.1. The van der Waals surface area contributed by atoms with Gasteiger partial charge in [0.1, 0.15) is 5.82 Å². The summed E-state index contributed by atoms with van der Waals surface area (Å²) < 4.78 is 16.3. The zero-order valence-corrected chi connectivity index (χ0v) is 10.9. The van der Waals surface area contributed by atoms with Crippen LogP contribution in [0.4, 0.5) is 4.39 Å². The highest BCUT2D eigenvalue weighted by Gasteiger charge is 2.24. The van der Waals surface area contributed by atoms with E-state index in [2.05, 4.69) is 15.9 Å². The van der Waals surface area contributed by atoms with Gasteiger partial charge in [0, 0.05) is 21.8 Å². The number of hydrogen-bond donors (Lipinski definition) is 0. The highest BCUT2D eigenvalue weighted by Crippen LogP contribution is 2.24. The largest absolute Gasteiger partial charge is 0.340 e. The molecule has 0 saturated heterocycles. The molecule has 0 atom stereocenters. The molecule has 90 valence electrons. The van der Waals surface area contributed by atoms with Crippen LogP contribution in [0.15, 0.2) is 46.6 Å². The molecule has 1 aromatic carbocycles. The molecule has 0 spiro atoms. The molecular formula is C14H9BrFNO. The summed E-state index contributed by atoms with van der Waals surface area (Å²) in [5.41, 5.74) is 1.71. The Morgan fingerprint density at radius 2 is 2.17 bits per heavy atom. The summed E-state index contributed by atoms with van der Waals surface area (Å²) in [5, 5.41) is 0. The lowest BCUT2D eigenvalue weighted by molar-refractivity contribution is 0.103. The fraction of sp³-hybridized carbons (Fsp3) is 0.0714. The highest BCUT2D eigenvalue weighted by molar-refractivity contribution is 9.10. The monoisotopic (exact) mass is 305 g/mol. The molecule has 2 nitrogen and oxygen atoms in total. The second-order valence-corrected chi connectivity index (χ2v) is 5.10. The van der Waals surface area contributed by atoms with Crippen molar-refractivity contribution in [3.8, 4) is 0 Å². The molecule has 0 amide bonds.